The maximum atomic E-state index is 11.5. The van der Waals surface area contributed by atoms with Gasteiger partial charge in [-0.1, -0.05) is 26.2 Å². The van der Waals surface area contributed by atoms with Crippen molar-refractivity contribution in [2.45, 2.75) is 51.9 Å². The van der Waals surface area contributed by atoms with Crippen molar-refractivity contribution in [1.82, 2.24) is 5.32 Å². The Morgan fingerprint density at radius 2 is 2.07 bits per heavy atom. The molecule has 0 heterocycles. The van der Waals surface area contributed by atoms with Crippen molar-refractivity contribution in [2.24, 2.45) is 11.1 Å². The summed E-state index contributed by atoms with van der Waals surface area (Å²) < 4.78 is 0. The molecule has 1 fully saturated rings. The molecule has 0 unspecified atom stereocenters. The van der Waals surface area contributed by atoms with Gasteiger partial charge in [-0.05, 0) is 31.2 Å². The monoisotopic (exact) mass is 212 g/mol. The molecular weight excluding hydrogens is 188 g/mol. The van der Waals surface area contributed by atoms with E-state index in [-0.39, 0.29) is 11.3 Å². The van der Waals surface area contributed by atoms with E-state index in [2.05, 4.69) is 12.2 Å². The number of amides is 1. The van der Waals surface area contributed by atoms with E-state index in [0.29, 0.717) is 13.0 Å². The smallest absolute Gasteiger partial charge is 0.220 e. The SMILES string of the molecule is CCCCC(=O)NCC1(CN)CCCC1. The van der Waals surface area contributed by atoms with Gasteiger partial charge in [0, 0.05) is 13.0 Å². The summed E-state index contributed by atoms with van der Waals surface area (Å²) in [6, 6.07) is 0. The number of carbonyl (C=O) groups is 1. The van der Waals surface area contributed by atoms with Crippen molar-refractivity contribution in [2.75, 3.05) is 13.1 Å². The van der Waals surface area contributed by atoms with Gasteiger partial charge in [-0.2, -0.15) is 0 Å². The fraction of sp³-hybridized carbons (Fsp3) is 0.917. The summed E-state index contributed by atoms with van der Waals surface area (Å²) in [6.45, 7) is 3.60. The first-order valence-corrected chi connectivity index (χ1v) is 6.19. The van der Waals surface area contributed by atoms with Crippen LogP contribution in [0, 0.1) is 5.41 Å². The molecule has 0 radical (unpaired) electrons. The highest BCUT2D eigenvalue weighted by Gasteiger charge is 2.32. The second-order valence-electron chi connectivity index (χ2n) is 4.79. The third-order valence-electron chi connectivity index (χ3n) is 3.52. The topological polar surface area (TPSA) is 55.1 Å². The van der Waals surface area contributed by atoms with E-state index >= 15 is 0 Å². The molecule has 0 aromatic heterocycles. The van der Waals surface area contributed by atoms with E-state index in [9.17, 15) is 4.79 Å². The Kier molecular flexibility index (Phi) is 5.09. The van der Waals surface area contributed by atoms with Crippen LogP contribution in [-0.4, -0.2) is 19.0 Å². The molecule has 0 aliphatic heterocycles. The van der Waals surface area contributed by atoms with Crippen molar-refractivity contribution >= 4 is 5.91 Å². The summed E-state index contributed by atoms with van der Waals surface area (Å²) in [5.41, 5.74) is 6.01. The molecule has 0 spiro atoms. The minimum absolute atomic E-state index is 0.191. The lowest BCUT2D eigenvalue weighted by Crippen LogP contribution is -2.40. The predicted octanol–water partition coefficient (Wildman–Crippen LogP) is 1.81. The Hall–Kier alpha value is -0.570. The van der Waals surface area contributed by atoms with Gasteiger partial charge in [0.2, 0.25) is 5.91 Å². The molecule has 1 aliphatic rings. The summed E-state index contributed by atoms with van der Waals surface area (Å²) in [7, 11) is 0. The van der Waals surface area contributed by atoms with Gasteiger partial charge >= 0.3 is 0 Å². The number of carbonyl (C=O) groups excluding carboxylic acids is 1. The summed E-state index contributed by atoms with van der Waals surface area (Å²) in [4.78, 5) is 11.5. The second-order valence-corrected chi connectivity index (χ2v) is 4.79. The second kappa shape index (κ2) is 6.11. The van der Waals surface area contributed by atoms with Crippen LogP contribution in [0.4, 0.5) is 0 Å². The van der Waals surface area contributed by atoms with Crippen molar-refractivity contribution < 1.29 is 4.79 Å². The molecule has 3 heteroatoms. The van der Waals surface area contributed by atoms with Crippen LogP contribution < -0.4 is 11.1 Å². The van der Waals surface area contributed by atoms with Crippen molar-refractivity contribution in [1.29, 1.82) is 0 Å². The molecule has 0 saturated heterocycles. The number of nitrogens with one attached hydrogen (secondary N) is 1. The molecule has 0 aromatic carbocycles. The zero-order chi connectivity index (χ0) is 11.1. The summed E-state index contributed by atoms with van der Waals surface area (Å²) in [5, 5.41) is 3.03. The van der Waals surface area contributed by atoms with E-state index in [4.69, 9.17) is 5.73 Å². The highest BCUT2D eigenvalue weighted by molar-refractivity contribution is 5.75. The number of rotatable bonds is 6. The van der Waals surface area contributed by atoms with Crippen molar-refractivity contribution in [3.63, 3.8) is 0 Å². The average Bonchev–Trinajstić information content (AvgIpc) is 2.73. The molecule has 1 saturated carbocycles. The average molecular weight is 212 g/mol. The van der Waals surface area contributed by atoms with Crippen LogP contribution >= 0.6 is 0 Å². The van der Waals surface area contributed by atoms with E-state index in [1.54, 1.807) is 0 Å². The van der Waals surface area contributed by atoms with Crippen LogP contribution in [-0.2, 0) is 4.79 Å². The zero-order valence-electron chi connectivity index (χ0n) is 9.85. The Morgan fingerprint density at radius 3 is 2.60 bits per heavy atom. The van der Waals surface area contributed by atoms with Crippen LogP contribution in [0.15, 0.2) is 0 Å². The third kappa shape index (κ3) is 3.82. The predicted molar refractivity (Wildman–Crippen MR) is 62.5 cm³/mol. The number of hydrogen-bond acceptors (Lipinski definition) is 2. The van der Waals surface area contributed by atoms with Gasteiger partial charge in [0.1, 0.15) is 0 Å². The first-order valence-electron chi connectivity index (χ1n) is 6.19. The largest absolute Gasteiger partial charge is 0.355 e. The summed E-state index contributed by atoms with van der Waals surface area (Å²) in [6.07, 6.45) is 7.62. The molecule has 15 heavy (non-hydrogen) atoms. The molecule has 3 N–H and O–H groups in total. The van der Waals surface area contributed by atoms with Crippen LogP contribution in [0.3, 0.4) is 0 Å². The summed E-state index contributed by atoms with van der Waals surface area (Å²) in [5.74, 6) is 0.191. The van der Waals surface area contributed by atoms with Gasteiger partial charge < -0.3 is 11.1 Å². The van der Waals surface area contributed by atoms with Crippen molar-refractivity contribution in [3.8, 4) is 0 Å². The minimum atomic E-state index is 0.191. The molecule has 1 amide bonds. The molecule has 88 valence electrons. The molecule has 0 atom stereocenters. The van der Waals surface area contributed by atoms with Crippen molar-refractivity contribution in [3.05, 3.63) is 0 Å². The van der Waals surface area contributed by atoms with E-state index in [0.717, 1.165) is 19.4 Å². The highest BCUT2D eigenvalue weighted by Crippen LogP contribution is 2.36. The van der Waals surface area contributed by atoms with Gasteiger partial charge in [0.25, 0.3) is 0 Å². The zero-order valence-corrected chi connectivity index (χ0v) is 9.85. The van der Waals surface area contributed by atoms with Crippen LogP contribution in [0.2, 0.25) is 0 Å². The fourth-order valence-electron chi connectivity index (χ4n) is 2.29. The Bertz CT molecular complexity index is 198. The molecule has 3 nitrogen and oxygen atoms in total. The first-order chi connectivity index (χ1) is 7.22. The Labute approximate surface area is 92.8 Å². The summed E-state index contributed by atoms with van der Waals surface area (Å²) >= 11 is 0. The fourth-order valence-corrected chi connectivity index (χ4v) is 2.29. The number of unbranched alkanes of at least 4 members (excludes halogenated alkanes) is 1. The Morgan fingerprint density at radius 1 is 1.40 bits per heavy atom. The lowest BCUT2D eigenvalue weighted by Gasteiger charge is -2.27. The molecular formula is C12H24N2O. The number of nitrogens with two attached hydrogens (primary N) is 1. The van der Waals surface area contributed by atoms with Gasteiger partial charge in [-0.25, -0.2) is 0 Å². The lowest BCUT2D eigenvalue weighted by atomic mass is 9.86. The van der Waals surface area contributed by atoms with Crippen LogP contribution in [0.25, 0.3) is 0 Å². The first kappa shape index (κ1) is 12.5. The maximum absolute atomic E-state index is 11.5. The van der Waals surface area contributed by atoms with Crippen LogP contribution in [0.5, 0.6) is 0 Å². The molecule has 0 bridgehead atoms. The van der Waals surface area contributed by atoms with E-state index in [1.165, 1.54) is 25.7 Å². The molecule has 1 aliphatic carbocycles. The van der Waals surface area contributed by atoms with Gasteiger partial charge in [0.15, 0.2) is 0 Å². The Balaban J connectivity index is 2.25. The van der Waals surface area contributed by atoms with Gasteiger partial charge in [-0.3, -0.25) is 4.79 Å². The maximum Gasteiger partial charge on any atom is 0.220 e. The third-order valence-corrected chi connectivity index (χ3v) is 3.52. The van der Waals surface area contributed by atoms with Crippen LogP contribution in [0.1, 0.15) is 51.9 Å². The van der Waals surface area contributed by atoms with E-state index < -0.39 is 0 Å². The minimum Gasteiger partial charge on any atom is -0.355 e. The quantitative estimate of drug-likeness (QED) is 0.705. The molecule has 0 aromatic rings. The van der Waals surface area contributed by atoms with Gasteiger partial charge in [-0.15, -0.1) is 0 Å². The standard InChI is InChI=1S/C12H24N2O/c1-2-3-6-11(15)14-10-12(9-13)7-4-5-8-12/h2-10,13H2,1H3,(H,14,15). The lowest BCUT2D eigenvalue weighted by molar-refractivity contribution is -0.121. The normalized spacial score (nSPS) is 19.1. The molecule has 1 rings (SSSR count). The van der Waals surface area contributed by atoms with E-state index in [1.807, 2.05) is 0 Å². The van der Waals surface area contributed by atoms with Gasteiger partial charge in [0.05, 0.1) is 0 Å². The highest BCUT2D eigenvalue weighted by atomic mass is 16.1. The number of hydrogen-bond donors (Lipinski definition) is 2.